The quantitative estimate of drug-likeness (QED) is 0.678. The Morgan fingerprint density at radius 2 is 1.90 bits per heavy atom. The number of carbonyl (C=O) groups excluding carboxylic acids is 1. The predicted octanol–water partition coefficient (Wildman–Crippen LogP) is 0.00190. The molecule has 2 unspecified atom stereocenters. The third-order valence-electron chi connectivity index (χ3n) is 2.60. The maximum Gasteiger partial charge on any atom is 0.422 e. The summed E-state index contributed by atoms with van der Waals surface area (Å²) in [6.07, 6.45) is -4.13. The molecule has 0 radical (unpaired) electrons. The molecule has 0 aromatic heterocycles. The fraction of sp³-hybridized carbons (Fsp3) is 0.556. The second kappa shape index (κ2) is 4.96. The fourth-order valence-corrected chi connectivity index (χ4v) is 2.58. The number of carboxylic acid groups (broad SMARTS) is 1. The van der Waals surface area contributed by atoms with Crippen LogP contribution < -0.4 is 10.6 Å². The van der Waals surface area contributed by atoms with Crippen LogP contribution in [-0.4, -0.2) is 49.0 Å². The Bertz CT molecular complexity index is 556. The first kappa shape index (κ1) is 16.3. The highest BCUT2D eigenvalue weighted by Crippen LogP contribution is 2.30. The number of hydrogen-bond acceptors (Lipinski definition) is 4. The van der Waals surface area contributed by atoms with Crippen LogP contribution in [0.15, 0.2) is 11.5 Å². The van der Waals surface area contributed by atoms with E-state index in [2.05, 4.69) is 0 Å². The van der Waals surface area contributed by atoms with Gasteiger partial charge < -0.3 is 15.7 Å². The average Bonchev–Trinajstić information content (AvgIpc) is 2.55. The molecule has 1 aliphatic rings. The van der Waals surface area contributed by atoms with Crippen LogP contribution in [0.1, 0.15) is 6.92 Å². The molecule has 0 aromatic carbocycles. The standard InChI is InChI=1S/C9H11F3N2O5S/c1-8(6(15)16,9(10,11)12)14-7(17)13-5-2-3-20(18,19)4-5/h2-3,5H,4H2,1H3,(H,15,16)(H2,13,14,17). The molecular weight excluding hydrogens is 305 g/mol. The number of alkyl halides is 3. The zero-order chi connectivity index (χ0) is 15.8. The highest BCUT2D eigenvalue weighted by Gasteiger charge is 2.58. The van der Waals surface area contributed by atoms with Gasteiger partial charge in [0.05, 0.1) is 11.8 Å². The van der Waals surface area contributed by atoms with Gasteiger partial charge in [0.1, 0.15) is 0 Å². The second-order valence-electron chi connectivity index (χ2n) is 4.29. The summed E-state index contributed by atoms with van der Waals surface area (Å²) in [5.74, 6) is -2.77. The number of rotatable bonds is 3. The van der Waals surface area contributed by atoms with Gasteiger partial charge in [-0.1, -0.05) is 0 Å². The van der Waals surface area contributed by atoms with Gasteiger partial charge >= 0.3 is 18.2 Å². The third kappa shape index (κ3) is 3.40. The van der Waals surface area contributed by atoms with Crippen molar-refractivity contribution in [2.75, 3.05) is 5.75 Å². The predicted molar refractivity (Wildman–Crippen MR) is 60.5 cm³/mol. The van der Waals surface area contributed by atoms with E-state index >= 15 is 0 Å². The molecule has 114 valence electrons. The molecular formula is C9H11F3N2O5S. The van der Waals surface area contributed by atoms with Gasteiger partial charge in [0.15, 0.2) is 9.84 Å². The normalized spacial score (nSPS) is 23.9. The van der Waals surface area contributed by atoms with E-state index in [1.165, 1.54) is 5.32 Å². The Labute approximate surface area is 111 Å². The van der Waals surface area contributed by atoms with E-state index < -0.39 is 45.3 Å². The van der Waals surface area contributed by atoms with E-state index in [-0.39, 0.29) is 6.92 Å². The fourth-order valence-electron chi connectivity index (χ4n) is 1.34. The maximum absolute atomic E-state index is 12.6. The van der Waals surface area contributed by atoms with E-state index in [0.717, 1.165) is 11.5 Å². The molecule has 20 heavy (non-hydrogen) atoms. The van der Waals surface area contributed by atoms with Crippen LogP contribution in [0, 0.1) is 0 Å². The smallest absolute Gasteiger partial charge is 0.422 e. The molecule has 3 N–H and O–H groups in total. The van der Waals surface area contributed by atoms with Gasteiger partial charge in [0.2, 0.25) is 5.54 Å². The van der Waals surface area contributed by atoms with Crippen LogP contribution in [0.5, 0.6) is 0 Å². The minimum Gasteiger partial charge on any atom is -0.479 e. The molecule has 11 heteroatoms. The molecule has 2 atom stereocenters. The number of amides is 2. The number of aliphatic carboxylic acids is 1. The van der Waals surface area contributed by atoms with Crippen molar-refractivity contribution in [2.45, 2.75) is 24.7 Å². The highest BCUT2D eigenvalue weighted by molar-refractivity contribution is 7.94. The second-order valence-corrected chi connectivity index (χ2v) is 6.22. The minimum absolute atomic E-state index is 0.288. The molecule has 0 saturated heterocycles. The number of urea groups is 1. The highest BCUT2D eigenvalue weighted by atomic mass is 32.2. The van der Waals surface area contributed by atoms with Crippen LogP contribution >= 0.6 is 0 Å². The molecule has 7 nitrogen and oxygen atoms in total. The molecule has 0 bridgehead atoms. The third-order valence-corrected chi connectivity index (χ3v) is 4.00. The van der Waals surface area contributed by atoms with Gasteiger partial charge in [0.25, 0.3) is 0 Å². The molecule has 1 rings (SSSR count). The lowest BCUT2D eigenvalue weighted by Crippen LogP contribution is -2.64. The Kier molecular flexibility index (Phi) is 4.04. The molecule has 0 spiro atoms. The van der Waals surface area contributed by atoms with E-state index in [9.17, 15) is 31.2 Å². The first-order valence-electron chi connectivity index (χ1n) is 5.17. The lowest BCUT2D eigenvalue weighted by molar-refractivity contribution is -0.203. The number of carboxylic acids is 1. The van der Waals surface area contributed by atoms with Crippen LogP contribution in [-0.2, 0) is 14.6 Å². The summed E-state index contributed by atoms with van der Waals surface area (Å²) in [5.41, 5.74) is -3.47. The Morgan fingerprint density at radius 3 is 2.25 bits per heavy atom. The largest absolute Gasteiger partial charge is 0.479 e. The van der Waals surface area contributed by atoms with Crippen molar-refractivity contribution in [2.24, 2.45) is 0 Å². The van der Waals surface area contributed by atoms with Crippen molar-refractivity contribution in [1.29, 1.82) is 0 Å². The molecule has 0 aliphatic carbocycles. The lowest BCUT2D eigenvalue weighted by Gasteiger charge is -2.29. The number of sulfone groups is 1. The number of halogens is 3. The summed E-state index contributed by atoms with van der Waals surface area (Å²) >= 11 is 0. The van der Waals surface area contributed by atoms with Gasteiger partial charge in [-0.15, -0.1) is 0 Å². The maximum atomic E-state index is 12.6. The van der Waals surface area contributed by atoms with E-state index in [1.54, 1.807) is 0 Å². The first-order chi connectivity index (χ1) is 8.87. The van der Waals surface area contributed by atoms with Crippen molar-refractivity contribution < 1.29 is 36.3 Å². The number of hydrogen-bond donors (Lipinski definition) is 3. The van der Waals surface area contributed by atoms with Crippen LogP contribution in [0.4, 0.5) is 18.0 Å². The molecule has 2 amide bonds. The average molecular weight is 316 g/mol. The summed E-state index contributed by atoms with van der Waals surface area (Å²) in [5, 5.41) is 12.6. The summed E-state index contributed by atoms with van der Waals surface area (Å²) in [6.45, 7) is 0.288. The van der Waals surface area contributed by atoms with Crippen molar-refractivity contribution in [3.63, 3.8) is 0 Å². The zero-order valence-electron chi connectivity index (χ0n) is 10.1. The summed E-state index contributed by atoms with van der Waals surface area (Å²) in [7, 11) is -3.49. The molecule has 0 aromatic rings. The van der Waals surface area contributed by atoms with Crippen molar-refractivity contribution in [1.82, 2.24) is 10.6 Å². The topological polar surface area (TPSA) is 113 Å². The van der Waals surface area contributed by atoms with Crippen LogP contribution in [0.3, 0.4) is 0 Å². The number of carbonyl (C=O) groups is 2. The molecule has 0 saturated carbocycles. The molecule has 0 fully saturated rings. The van der Waals surface area contributed by atoms with Crippen molar-refractivity contribution >= 4 is 21.8 Å². The SMILES string of the molecule is CC(NC(=O)NC1C=CS(=O)(=O)C1)(C(=O)O)C(F)(F)F. The van der Waals surface area contributed by atoms with Gasteiger partial charge in [0, 0.05) is 5.41 Å². The molecule has 1 aliphatic heterocycles. The van der Waals surface area contributed by atoms with E-state index in [1.807, 2.05) is 5.32 Å². The van der Waals surface area contributed by atoms with E-state index in [4.69, 9.17) is 5.11 Å². The summed E-state index contributed by atoms with van der Waals surface area (Å²) in [6, 6.07) is -2.44. The van der Waals surface area contributed by atoms with E-state index in [0.29, 0.717) is 0 Å². The monoisotopic (exact) mass is 316 g/mol. The summed E-state index contributed by atoms with van der Waals surface area (Å²) in [4.78, 5) is 22.0. The first-order valence-corrected chi connectivity index (χ1v) is 6.89. The Hall–Kier alpha value is -1.78. The van der Waals surface area contributed by atoms with Gasteiger partial charge in [-0.2, -0.15) is 13.2 Å². The van der Waals surface area contributed by atoms with Gasteiger partial charge in [-0.05, 0) is 13.0 Å². The van der Waals surface area contributed by atoms with Gasteiger partial charge in [-0.3, -0.25) is 0 Å². The van der Waals surface area contributed by atoms with Crippen molar-refractivity contribution in [3.8, 4) is 0 Å². The van der Waals surface area contributed by atoms with Crippen molar-refractivity contribution in [3.05, 3.63) is 11.5 Å². The zero-order valence-corrected chi connectivity index (χ0v) is 10.9. The van der Waals surface area contributed by atoms with Crippen LogP contribution in [0.2, 0.25) is 0 Å². The number of nitrogens with one attached hydrogen (secondary N) is 2. The van der Waals surface area contributed by atoms with Crippen LogP contribution in [0.25, 0.3) is 0 Å². The Balaban J connectivity index is 2.75. The Morgan fingerprint density at radius 1 is 1.35 bits per heavy atom. The molecule has 1 heterocycles. The van der Waals surface area contributed by atoms with Gasteiger partial charge in [-0.25, -0.2) is 18.0 Å². The minimum atomic E-state index is -5.21. The summed E-state index contributed by atoms with van der Waals surface area (Å²) < 4.78 is 59.9. The lowest BCUT2D eigenvalue weighted by atomic mass is 10.0.